The molecule has 2 rings (SSSR count). The Morgan fingerprint density at radius 1 is 1.17 bits per heavy atom. The zero-order valence-electron chi connectivity index (χ0n) is 14.3. The first-order valence-electron chi connectivity index (χ1n) is 7.62. The van der Waals surface area contributed by atoms with Gasteiger partial charge in [-0.2, -0.15) is 0 Å². The Hall–Kier alpha value is -2.26. The Morgan fingerprint density at radius 3 is 2.33 bits per heavy atom. The maximum Gasteiger partial charge on any atom is 0.185 e. The van der Waals surface area contributed by atoms with E-state index in [0.717, 1.165) is 0 Å². The smallest absolute Gasteiger partial charge is 0.185 e. The highest BCUT2D eigenvalue weighted by Crippen LogP contribution is 2.35. The van der Waals surface area contributed by atoms with Crippen LogP contribution in [0.2, 0.25) is 5.02 Å². The molecule has 0 atom stereocenters. The number of ether oxygens (including phenoxy) is 1. The number of hydrogen-bond acceptors (Lipinski definition) is 3. The van der Waals surface area contributed by atoms with Gasteiger partial charge in [0.1, 0.15) is 0 Å². The molecule has 4 heteroatoms. The predicted octanol–water partition coefficient (Wildman–Crippen LogP) is 5.25. The molecule has 2 aromatic rings. The number of carbonyl (C=O) groups is 1. The largest absolute Gasteiger partial charge is 0.503 e. The second-order valence-electron chi connectivity index (χ2n) is 6.58. The number of phenols is 1. The van der Waals surface area contributed by atoms with Crippen molar-refractivity contribution in [3.8, 4) is 11.5 Å². The minimum atomic E-state index is -0.111. The summed E-state index contributed by atoms with van der Waals surface area (Å²) in [6.45, 7) is 6.39. The molecule has 3 nitrogen and oxygen atoms in total. The van der Waals surface area contributed by atoms with Crippen LogP contribution in [0, 0.1) is 0 Å². The minimum absolute atomic E-state index is 0.0523. The van der Waals surface area contributed by atoms with Gasteiger partial charge < -0.3 is 9.84 Å². The maximum absolute atomic E-state index is 12.3. The van der Waals surface area contributed by atoms with Crippen molar-refractivity contribution < 1.29 is 14.6 Å². The molecule has 0 bridgehead atoms. The van der Waals surface area contributed by atoms with Gasteiger partial charge in [0, 0.05) is 5.56 Å². The standard InChI is InChI=1S/C20H21ClO3/c1-20(2,3)15-8-6-14(7-9-15)17(22)10-5-13-11-16(21)19(23)18(12-13)24-4/h5-12,23H,1-4H3/b10-5+. The Labute approximate surface area is 147 Å². The fraction of sp³-hybridized carbons (Fsp3) is 0.250. The van der Waals surface area contributed by atoms with Crippen LogP contribution in [-0.4, -0.2) is 18.0 Å². The van der Waals surface area contributed by atoms with Gasteiger partial charge in [0.25, 0.3) is 0 Å². The molecule has 0 aliphatic heterocycles. The lowest BCUT2D eigenvalue weighted by Gasteiger charge is -2.18. The first kappa shape index (κ1) is 18.1. The molecule has 0 amide bonds. The summed E-state index contributed by atoms with van der Waals surface area (Å²) in [5.74, 6) is 0.0585. The van der Waals surface area contributed by atoms with Crippen molar-refractivity contribution in [3.05, 3.63) is 64.2 Å². The molecule has 126 valence electrons. The molecule has 0 saturated heterocycles. The SMILES string of the molecule is COc1cc(/C=C/C(=O)c2ccc(C(C)(C)C)cc2)cc(Cl)c1O. The molecule has 0 unspecified atom stereocenters. The Balaban J connectivity index is 2.20. The second kappa shape index (κ2) is 7.10. The van der Waals surface area contributed by atoms with Crippen LogP contribution in [0.25, 0.3) is 6.08 Å². The lowest BCUT2D eigenvalue weighted by Crippen LogP contribution is -2.11. The molecule has 1 N–H and O–H groups in total. The molecule has 0 spiro atoms. The fourth-order valence-corrected chi connectivity index (χ4v) is 2.47. The lowest BCUT2D eigenvalue weighted by molar-refractivity contribution is 0.104. The van der Waals surface area contributed by atoms with E-state index in [0.29, 0.717) is 11.1 Å². The molecule has 0 aliphatic rings. The highest BCUT2D eigenvalue weighted by atomic mass is 35.5. The van der Waals surface area contributed by atoms with E-state index in [4.69, 9.17) is 16.3 Å². The van der Waals surface area contributed by atoms with Crippen LogP contribution in [0.5, 0.6) is 11.5 Å². The average molecular weight is 345 g/mol. The van der Waals surface area contributed by atoms with Crippen LogP contribution in [0.15, 0.2) is 42.5 Å². The van der Waals surface area contributed by atoms with Crippen LogP contribution in [-0.2, 0) is 5.41 Å². The quantitative estimate of drug-likeness (QED) is 0.608. The van der Waals surface area contributed by atoms with E-state index in [1.807, 2.05) is 24.3 Å². The number of benzene rings is 2. The first-order valence-corrected chi connectivity index (χ1v) is 7.99. The molecular formula is C20H21ClO3. The Bertz CT molecular complexity index is 769. The number of methoxy groups -OCH3 is 1. The summed E-state index contributed by atoms with van der Waals surface area (Å²) in [5, 5.41) is 9.90. The monoisotopic (exact) mass is 344 g/mol. The van der Waals surface area contributed by atoms with E-state index in [9.17, 15) is 9.90 Å². The van der Waals surface area contributed by atoms with Gasteiger partial charge in [0.2, 0.25) is 0 Å². The molecule has 0 aliphatic carbocycles. The van der Waals surface area contributed by atoms with Crippen LogP contribution >= 0.6 is 11.6 Å². The van der Waals surface area contributed by atoms with Crippen molar-refractivity contribution in [2.75, 3.05) is 7.11 Å². The Morgan fingerprint density at radius 2 is 1.79 bits per heavy atom. The van der Waals surface area contributed by atoms with Crippen molar-refractivity contribution >= 4 is 23.5 Å². The molecule has 2 aromatic carbocycles. The fourth-order valence-electron chi connectivity index (χ4n) is 2.25. The zero-order chi connectivity index (χ0) is 17.9. The van der Waals surface area contributed by atoms with Gasteiger partial charge in [-0.15, -0.1) is 0 Å². The van der Waals surface area contributed by atoms with Gasteiger partial charge in [0.05, 0.1) is 12.1 Å². The van der Waals surface area contributed by atoms with E-state index in [1.165, 1.54) is 18.7 Å². The molecule has 0 radical (unpaired) electrons. The third-order valence-corrected chi connectivity index (χ3v) is 4.02. The highest BCUT2D eigenvalue weighted by molar-refractivity contribution is 6.32. The van der Waals surface area contributed by atoms with Crippen LogP contribution in [0.1, 0.15) is 42.3 Å². The number of carbonyl (C=O) groups excluding carboxylic acids is 1. The third kappa shape index (κ3) is 4.18. The number of halogens is 1. The Kier molecular flexibility index (Phi) is 5.35. The molecule has 0 fully saturated rings. The molecular weight excluding hydrogens is 324 g/mol. The number of allylic oxidation sites excluding steroid dienone is 1. The second-order valence-corrected chi connectivity index (χ2v) is 6.99. The van der Waals surface area contributed by atoms with Gasteiger partial charge in [-0.3, -0.25) is 4.79 Å². The van der Waals surface area contributed by atoms with Gasteiger partial charge in [0.15, 0.2) is 17.3 Å². The van der Waals surface area contributed by atoms with E-state index < -0.39 is 0 Å². The van der Waals surface area contributed by atoms with E-state index in [2.05, 4.69) is 20.8 Å². The van der Waals surface area contributed by atoms with Crippen molar-refractivity contribution in [1.29, 1.82) is 0 Å². The van der Waals surface area contributed by atoms with Gasteiger partial charge >= 0.3 is 0 Å². The summed E-state index contributed by atoms with van der Waals surface area (Å²) < 4.78 is 5.05. The highest BCUT2D eigenvalue weighted by Gasteiger charge is 2.13. The normalized spacial score (nSPS) is 11.7. The molecule has 24 heavy (non-hydrogen) atoms. The number of hydrogen-bond donors (Lipinski definition) is 1. The zero-order valence-corrected chi connectivity index (χ0v) is 15.0. The summed E-state index contributed by atoms with van der Waals surface area (Å²) in [6.07, 6.45) is 3.13. The van der Waals surface area contributed by atoms with Crippen molar-refractivity contribution in [1.82, 2.24) is 0 Å². The molecule has 0 aromatic heterocycles. The molecule has 0 heterocycles. The minimum Gasteiger partial charge on any atom is -0.503 e. The number of ketones is 1. The summed E-state index contributed by atoms with van der Waals surface area (Å²) in [7, 11) is 1.45. The van der Waals surface area contributed by atoms with Crippen molar-refractivity contribution in [2.24, 2.45) is 0 Å². The van der Waals surface area contributed by atoms with E-state index in [1.54, 1.807) is 18.2 Å². The van der Waals surface area contributed by atoms with Crippen LogP contribution < -0.4 is 4.74 Å². The first-order chi connectivity index (χ1) is 11.2. The third-order valence-electron chi connectivity index (χ3n) is 3.73. The van der Waals surface area contributed by atoms with E-state index >= 15 is 0 Å². The predicted molar refractivity (Wildman–Crippen MR) is 98.2 cm³/mol. The van der Waals surface area contributed by atoms with Gasteiger partial charge in [-0.25, -0.2) is 0 Å². The maximum atomic E-state index is 12.3. The summed E-state index contributed by atoms with van der Waals surface area (Å²) in [6, 6.07) is 10.8. The number of phenolic OH excluding ortho intramolecular Hbond substituents is 1. The van der Waals surface area contributed by atoms with Crippen molar-refractivity contribution in [3.63, 3.8) is 0 Å². The van der Waals surface area contributed by atoms with E-state index in [-0.39, 0.29) is 27.7 Å². The molecule has 0 saturated carbocycles. The summed E-state index contributed by atoms with van der Waals surface area (Å²) in [5.41, 5.74) is 2.53. The van der Waals surface area contributed by atoms with Crippen LogP contribution in [0.4, 0.5) is 0 Å². The average Bonchev–Trinajstić information content (AvgIpc) is 2.54. The lowest BCUT2D eigenvalue weighted by atomic mass is 9.86. The number of aromatic hydroxyl groups is 1. The van der Waals surface area contributed by atoms with Gasteiger partial charge in [-0.1, -0.05) is 62.7 Å². The topological polar surface area (TPSA) is 46.5 Å². The van der Waals surface area contributed by atoms with Crippen molar-refractivity contribution in [2.45, 2.75) is 26.2 Å². The number of rotatable bonds is 4. The summed E-state index contributed by atoms with van der Waals surface area (Å²) >= 11 is 5.94. The summed E-state index contributed by atoms with van der Waals surface area (Å²) in [4.78, 5) is 12.3. The van der Waals surface area contributed by atoms with Gasteiger partial charge in [-0.05, 0) is 34.8 Å². The van der Waals surface area contributed by atoms with Crippen LogP contribution in [0.3, 0.4) is 0 Å².